The maximum Gasteiger partial charge on any atom is 0.329 e. The average molecular weight is 406 g/mol. The van der Waals surface area contributed by atoms with E-state index in [1.807, 2.05) is 37.3 Å². The number of hydrogen-bond donors (Lipinski definition) is 2. The van der Waals surface area contributed by atoms with Crippen LogP contribution in [0, 0.1) is 6.92 Å². The Balaban J connectivity index is 1.88. The first-order chi connectivity index (χ1) is 13.9. The van der Waals surface area contributed by atoms with Crippen molar-refractivity contribution in [2.45, 2.75) is 12.8 Å². The highest BCUT2D eigenvalue weighted by Crippen LogP contribution is 2.48. The predicted octanol–water partition coefficient (Wildman–Crippen LogP) is 3.20. The number of aromatic amines is 1. The van der Waals surface area contributed by atoms with Gasteiger partial charge in [0.1, 0.15) is 5.82 Å². The van der Waals surface area contributed by atoms with Gasteiger partial charge >= 0.3 is 5.69 Å². The van der Waals surface area contributed by atoms with Gasteiger partial charge in [0.15, 0.2) is 5.78 Å². The van der Waals surface area contributed by atoms with Crippen LogP contribution >= 0.6 is 11.6 Å². The lowest BCUT2D eigenvalue weighted by Gasteiger charge is -2.29. The molecule has 1 aliphatic carbocycles. The van der Waals surface area contributed by atoms with Crippen molar-refractivity contribution in [3.05, 3.63) is 102 Å². The molecule has 2 N–H and O–H groups in total. The maximum atomic E-state index is 13.3. The summed E-state index contributed by atoms with van der Waals surface area (Å²) in [5.41, 5.74) is 3.35. The molecule has 0 saturated heterocycles. The number of rotatable bonds is 1. The van der Waals surface area contributed by atoms with Crippen molar-refractivity contribution in [1.29, 1.82) is 0 Å². The van der Waals surface area contributed by atoms with Crippen molar-refractivity contribution in [3.8, 4) is 0 Å². The van der Waals surface area contributed by atoms with Crippen LogP contribution in [0.1, 0.15) is 38.5 Å². The third kappa shape index (κ3) is 2.39. The lowest BCUT2D eigenvalue weighted by molar-refractivity contribution is 0.103. The molecule has 0 saturated carbocycles. The summed E-state index contributed by atoms with van der Waals surface area (Å²) in [6.07, 6.45) is 0. The standard InChI is InChI=1S/C22H16ClN3O3/c1-10-7-8-11(9-14(10)23)15-16-18(12-5-3-4-6-13(12)19(16)27)24-20-17(15)21(28)25-22(29)26(20)2/h3-9,15,24H,1-2H3,(H,25,28,29)/t15-/m0/s1. The van der Waals surface area contributed by atoms with E-state index in [1.54, 1.807) is 19.2 Å². The number of nitrogens with zero attached hydrogens (tertiary/aromatic N) is 1. The van der Waals surface area contributed by atoms with E-state index in [0.29, 0.717) is 33.2 Å². The van der Waals surface area contributed by atoms with Crippen LogP contribution in [-0.4, -0.2) is 15.3 Å². The van der Waals surface area contributed by atoms with E-state index in [9.17, 15) is 14.4 Å². The Kier molecular flexibility index (Phi) is 3.70. The molecule has 6 nitrogen and oxygen atoms in total. The zero-order chi connectivity index (χ0) is 20.4. The summed E-state index contributed by atoms with van der Waals surface area (Å²) in [6, 6.07) is 12.8. The number of hydrogen-bond acceptors (Lipinski definition) is 4. The summed E-state index contributed by atoms with van der Waals surface area (Å²) in [5.74, 6) is -0.401. The van der Waals surface area contributed by atoms with E-state index in [2.05, 4.69) is 10.3 Å². The minimum absolute atomic E-state index is 0.135. The number of Topliss-reactive ketones (excluding diaryl/α,β-unsaturated/α-hetero) is 1. The smallest absolute Gasteiger partial charge is 0.329 e. The molecule has 29 heavy (non-hydrogen) atoms. The van der Waals surface area contributed by atoms with Crippen LogP contribution in [0.2, 0.25) is 5.02 Å². The van der Waals surface area contributed by atoms with Crippen molar-refractivity contribution < 1.29 is 4.79 Å². The van der Waals surface area contributed by atoms with Crippen molar-refractivity contribution in [2.75, 3.05) is 5.32 Å². The number of aryl methyl sites for hydroxylation is 1. The Bertz CT molecular complexity index is 1380. The van der Waals surface area contributed by atoms with Crippen LogP contribution in [0.3, 0.4) is 0 Å². The lowest BCUT2D eigenvalue weighted by Crippen LogP contribution is -2.37. The van der Waals surface area contributed by atoms with E-state index in [1.165, 1.54) is 4.57 Å². The third-order valence-corrected chi connectivity index (χ3v) is 6.07. The van der Waals surface area contributed by atoms with Crippen LogP contribution in [0.5, 0.6) is 0 Å². The maximum absolute atomic E-state index is 13.3. The second kappa shape index (κ2) is 6.06. The zero-order valence-corrected chi connectivity index (χ0v) is 16.4. The van der Waals surface area contributed by atoms with Gasteiger partial charge in [-0.25, -0.2) is 4.79 Å². The number of nitrogens with one attached hydrogen (secondary N) is 2. The molecule has 2 aliphatic rings. The molecule has 0 spiro atoms. The third-order valence-electron chi connectivity index (χ3n) is 5.67. The van der Waals surface area contributed by atoms with Gasteiger partial charge in [0.05, 0.1) is 11.3 Å². The topological polar surface area (TPSA) is 84.0 Å². The zero-order valence-electron chi connectivity index (χ0n) is 15.7. The van der Waals surface area contributed by atoms with E-state index in [4.69, 9.17) is 11.6 Å². The minimum atomic E-state index is -0.644. The van der Waals surface area contributed by atoms with Crippen LogP contribution in [0.4, 0.5) is 5.82 Å². The number of carbonyl (C=O) groups is 1. The molecule has 0 amide bonds. The van der Waals surface area contributed by atoms with Crippen molar-refractivity contribution in [3.63, 3.8) is 0 Å². The number of H-pyrrole nitrogens is 1. The second-order valence-electron chi connectivity index (χ2n) is 7.31. The Labute approximate surface area is 170 Å². The van der Waals surface area contributed by atoms with Crippen LogP contribution in [0.25, 0.3) is 5.70 Å². The largest absolute Gasteiger partial charge is 0.340 e. The first kappa shape index (κ1) is 17.7. The van der Waals surface area contributed by atoms with Gasteiger partial charge in [0.2, 0.25) is 0 Å². The molecule has 2 aromatic carbocycles. The van der Waals surface area contributed by atoms with Gasteiger partial charge in [-0.05, 0) is 24.1 Å². The molecule has 0 fully saturated rings. The molecule has 144 valence electrons. The lowest BCUT2D eigenvalue weighted by atomic mass is 9.81. The van der Waals surface area contributed by atoms with Gasteiger partial charge in [-0.2, -0.15) is 0 Å². The number of allylic oxidation sites excluding steroid dienone is 1. The van der Waals surface area contributed by atoms with Gasteiger partial charge in [-0.3, -0.25) is 19.1 Å². The molecule has 0 radical (unpaired) electrons. The highest BCUT2D eigenvalue weighted by molar-refractivity contribution is 6.31. The van der Waals surface area contributed by atoms with Gasteiger partial charge in [-0.15, -0.1) is 0 Å². The molecular weight excluding hydrogens is 390 g/mol. The molecule has 1 atom stereocenters. The van der Waals surface area contributed by atoms with E-state index < -0.39 is 17.2 Å². The SMILES string of the molecule is Cc1ccc([C@H]2C3=C(Nc4c2c(=O)[nH]c(=O)n4C)c2ccccc2C3=O)cc1Cl. The van der Waals surface area contributed by atoms with Crippen LogP contribution in [0.15, 0.2) is 57.6 Å². The first-order valence-electron chi connectivity index (χ1n) is 9.13. The van der Waals surface area contributed by atoms with E-state index >= 15 is 0 Å². The Hall–Kier alpha value is -3.38. The summed E-state index contributed by atoms with van der Waals surface area (Å²) in [5, 5.41) is 3.74. The number of fused-ring (bicyclic) bond motifs is 3. The fourth-order valence-electron chi connectivity index (χ4n) is 4.15. The van der Waals surface area contributed by atoms with Gasteiger partial charge in [-0.1, -0.05) is 48.0 Å². The Morgan fingerprint density at radius 2 is 1.76 bits per heavy atom. The monoisotopic (exact) mass is 405 g/mol. The van der Waals surface area contributed by atoms with Crippen LogP contribution < -0.4 is 16.6 Å². The molecule has 3 aromatic rings. The highest BCUT2D eigenvalue weighted by Gasteiger charge is 2.42. The number of aromatic nitrogens is 2. The summed E-state index contributed by atoms with van der Waals surface area (Å²) in [7, 11) is 1.58. The summed E-state index contributed by atoms with van der Waals surface area (Å²) in [4.78, 5) is 40.8. The van der Waals surface area contributed by atoms with E-state index in [0.717, 1.165) is 16.7 Å². The van der Waals surface area contributed by atoms with Crippen molar-refractivity contribution in [1.82, 2.24) is 9.55 Å². The number of ketones is 1. The summed E-state index contributed by atoms with van der Waals surface area (Å²) >= 11 is 6.37. The van der Waals surface area contributed by atoms with Gasteiger partial charge in [0, 0.05) is 34.7 Å². The molecule has 2 heterocycles. The quantitative estimate of drug-likeness (QED) is 0.651. The Morgan fingerprint density at radius 1 is 1.03 bits per heavy atom. The van der Waals surface area contributed by atoms with Gasteiger partial charge in [0.25, 0.3) is 5.56 Å². The normalized spacial score (nSPS) is 16.9. The predicted molar refractivity (Wildman–Crippen MR) is 112 cm³/mol. The number of anilines is 1. The average Bonchev–Trinajstić information content (AvgIpc) is 2.99. The van der Waals surface area contributed by atoms with Gasteiger partial charge < -0.3 is 5.32 Å². The van der Waals surface area contributed by atoms with Crippen LogP contribution in [-0.2, 0) is 7.05 Å². The molecule has 0 unspecified atom stereocenters. The van der Waals surface area contributed by atoms with Crippen molar-refractivity contribution >= 4 is 28.9 Å². The molecule has 0 bridgehead atoms. The second-order valence-corrected chi connectivity index (χ2v) is 7.72. The molecule has 7 heteroatoms. The summed E-state index contributed by atoms with van der Waals surface area (Å²) < 4.78 is 1.36. The first-order valence-corrected chi connectivity index (χ1v) is 9.51. The highest BCUT2D eigenvalue weighted by atomic mass is 35.5. The fourth-order valence-corrected chi connectivity index (χ4v) is 4.34. The number of carbonyl (C=O) groups excluding carboxylic acids is 1. The molecular formula is C22H16ClN3O3. The number of benzene rings is 2. The summed E-state index contributed by atoms with van der Waals surface area (Å²) in [6.45, 7) is 1.89. The number of halogens is 1. The minimum Gasteiger partial charge on any atom is -0.340 e. The fraction of sp³-hybridized carbons (Fsp3) is 0.136. The molecule has 1 aliphatic heterocycles. The van der Waals surface area contributed by atoms with Crippen molar-refractivity contribution in [2.24, 2.45) is 7.05 Å². The van der Waals surface area contributed by atoms with E-state index in [-0.39, 0.29) is 5.78 Å². The Morgan fingerprint density at radius 3 is 2.48 bits per heavy atom. The molecule has 5 rings (SSSR count). The molecule has 1 aromatic heterocycles.